The van der Waals surface area contributed by atoms with E-state index < -0.39 is 0 Å². The molecule has 0 N–H and O–H groups in total. The largest absolute Gasteiger partial charge is 0.256 e. The van der Waals surface area contributed by atoms with Gasteiger partial charge >= 0.3 is 0 Å². The van der Waals surface area contributed by atoms with Crippen LogP contribution in [0.15, 0.2) is 134 Å². The number of aryl methyl sites for hydroxylation is 2. The van der Waals surface area contributed by atoms with Crippen LogP contribution in [-0.4, -0.2) is 9.97 Å². The molecule has 0 saturated carbocycles. The van der Waals surface area contributed by atoms with Crippen LogP contribution in [0.25, 0.3) is 66.3 Å². The molecular formula is C38H28N2. The molecule has 190 valence electrons. The lowest BCUT2D eigenvalue weighted by atomic mass is 9.87. The van der Waals surface area contributed by atoms with Gasteiger partial charge in [-0.2, -0.15) is 0 Å². The first-order valence-electron chi connectivity index (χ1n) is 13.7. The van der Waals surface area contributed by atoms with Crippen LogP contribution in [-0.2, 0) is 0 Å². The fourth-order valence-electron chi connectivity index (χ4n) is 5.94. The van der Waals surface area contributed by atoms with E-state index in [1.165, 1.54) is 54.9 Å². The Hall–Kier alpha value is -5.08. The van der Waals surface area contributed by atoms with E-state index in [1.54, 1.807) is 0 Å². The summed E-state index contributed by atoms with van der Waals surface area (Å²) in [7, 11) is 0. The van der Waals surface area contributed by atoms with Gasteiger partial charge in [0.2, 0.25) is 0 Å². The number of rotatable bonds is 4. The number of fused-ring (bicyclic) bond motifs is 2. The van der Waals surface area contributed by atoms with Crippen molar-refractivity contribution >= 4 is 21.5 Å². The van der Waals surface area contributed by atoms with Gasteiger partial charge in [-0.3, -0.25) is 9.97 Å². The van der Waals surface area contributed by atoms with Crippen LogP contribution in [0.2, 0.25) is 0 Å². The Morgan fingerprint density at radius 1 is 0.400 bits per heavy atom. The zero-order valence-corrected chi connectivity index (χ0v) is 22.6. The molecular weight excluding hydrogens is 484 g/mol. The molecule has 0 amide bonds. The molecule has 2 heteroatoms. The number of hydrogen-bond donors (Lipinski definition) is 0. The second kappa shape index (κ2) is 9.91. The standard InChI is InChI=1S/C38H28N2/c1-25-11-3-5-13-29(25)27-19-21-39-35(23-27)37-31-15-7-9-17-33(31)38(34-18-10-8-16-32(34)37)36-24-28(20-22-40-36)30-14-6-4-12-26(30)2/h3-24H,1-2H3. The predicted molar refractivity (Wildman–Crippen MR) is 168 cm³/mol. The number of pyridine rings is 2. The molecule has 2 nitrogen and oxygen atoms in total. The molecule has 40 heavy (non-hydrogen) atoms. The van der Waals surface area contributed by atoms with Crippen molar-refractivity contribution in [3.8, 4) is 44.8 Å². The maximum absolute atomic E-state index is 4.92. The third kappa shape index (κ3) is 4.06. The molecule has 5 aromatic carbocycles. The zero-order valence-electron chi connectivity index (χ0n) is 22.6. The highest BCUT2D eigenvalue weighted by atomic mass is 14.7. The Morgan fingerprint density at radius 3 is 1.12 bits per heavy atom. The van der Waals surface area contributed by atoms with Gasteiger partial charge in [-0.05, 0) is 93.0 Å². The first kappa shape index (κ1) is 24.0. The molecule has 7 aromatic rings. The zero-order chi connectivity index (χ0) is 27.1. The smallest absolute Gasteiger partial charge is 0.0720 e. The molecule has 0 aliphatic rings. The van der Waals surface area contributed by atoms with Crippen molar-refractivity contribution in [3.05, 3.63) is 145 Å². The quantitative estimate of drug-likeness (QED) is 0.219. The summed E-state index contributed by atoms with van der Waals surface area (Å²) in [6.07, 6.45) is 3.86. The van der Waals surface area contributed by atoms with Gasteiger partial charge in [0.05, 0.1) is 11.4 Å². The van der Waals surface area contributed by atoms with Gasteiger partial charge in [0.1, 0.15) is 0 Å². The summed E-state index contributed by atoms with van der Waals surface area (Å²) < 4.78 is 0. The van der Waals surface area contributed by atoms with Crippen molar-refractivity contribution in [1.82, 2.24) is 9.97 Å². The summed E-state index contributed by atoms with van der Waals surface area (Å²) in [5, 5.41) is 4.70. The molecule has 0 saturated heterocycles. The summed E-state index contributed by atoms with van der Waals surface area (Å²) in [5.74, 6) is 0. The fraction of sp³-hybridized carbons (Fsp3) is 0.0526. The van der Waals surface area contributed by atoms with E-state index in [9.17, 15) is 0 Å². The first-order valence-corrected chi connectivity index (χ1v) is 13.7. The molecule has 0 fully saturated rings. The maximum atomic E-state index is 4.92. The van der Waals surface area contributed by atoms with Crippen molar-refractivity contribution < 1.29 is 0 Å². The highest BCUT2D eigenvalue weighted by Crippen LogP contribution is 2.43. The van der Waals surface area contributed by atoms with Crippen molar-refractivity contribution in [1.29, 1.82) is 0 Å². The summed E-state index contributed by atoms with van der Waals surface area (Å²) in [6, 6.07) is 43.0. The van der Waals surface area contributed by atoms with E-state index in [-0.39, 0.29) is 0 Å². The second-order valence-electron chi connectivity index (χ2n) is 10.3. The van der Waals surface area contributed by atoms with Gasteiger partial charge in [-0.15, -0.1) is 0 Å². The van der Waals surface area contributed by atoms with Gasteiger partial charge < -0.3 is 0 Å². The third-order valence-corrected chi connectivity index (χ3v) is 7.88. The molecule has 0 aliphatic carbocycles. The van der Waals surface area contributed by atoms with Gasteiger partial charge in [-0.25, -0.2) is 0 Å². The predicted octanol–water partition coefficient (Wildman–Crippen LogP) is 10.1. The molecule has 0 aliphatic heterocycles. The van der Waals surface area contributed by atoms with Crippen molar-refractivity contribution in [2.45, 2.75) is 13.8 Å². The minimum atomic E-state index is 0.973. The molecule has 0 radical (unpaired) electrons. The van der Waals surface area contributed by atoms with Gasteiger partial charge in [-0.1, -0.05) is 97.1 Å². The number of benzene rings is 5. The lowest BCUT2D eigenvalue weighted by Gasteiger charge is -2.18. The fourth-order valence-corrected chi connectivity index (χ4v) is 5.94. The Morgan fingerprint density at radius 2 is 0.750 bits per heavy atom. The summed E-state index contributed by atoms with van der Waals surface area (Å²) >= 11 is 0. The Balaban J connectivity index is 1.51. The third-order valence-electron chi connectivity index (χ3n) is 7.88. The summed E-state index contributed by atoms with van der Waals surface area (Å²) in [5.41, 5.74) is 11.6. The average molecular weight is 513 g/mol. The van der Waals surface area contributed by atoms with E-state index in [0.29, 0.717) is 0 Å². The number of aromatic nitrogens is 2. The molecule has 0 spiro atoms. The van der Waals surface area contributed by atoms with E-state index >= 15 is 0 Å². The van der Waals surface area contributed by atoms with E-state index in [4.69, 9.17) is 9.97 Å². The highest BCUT2D eigenvalue weighted by molar-refractivity contribution is 6.20. The highest BCUT2D eigenvalue weighted by Gasteiger charge is 2.19. The monoisotopic (exact) mass is 512 g/mol. The SMILES string of the molecule is Cc1ccccc1-c1ccnc(-c2c3ccccc3c(-c3cc(-c4ccccc4C)ccn3)c3ccccc23)c1. The Labute approximate surface area is 234 Å². The molecule has 0 atom stereocenters. The molecule has 0 bridgehead atoms. The van der Waals surface area contributed by atoms with Crippen molar-refractivity contribution in [3.63, 3.8) is 0 Å². The van der Waals surface area contributed by atoms with Crippen LogP contribution in [0.4, 0.5) is 0 Å². The molecule has 2 heterocycles. The van der Waals surface area contributed by atoms with E-state index in [1.807, 2.05) is 12.4 Å². The van der Waals surface area contributed by atoms with Gasteiger partial charge in [0, 0.05) is 23.5 Å². The first-order chi connectivity index (χ1) is 19.7. The van der Waals surface area contributed by atoms with Crippen LogP contribution in [0, 0.1) is 13.8 Å². The van der Waals surface area contributed by atoms with Crippen LogP contribution >= 0.6 is 0 Å². The van der Waals surface area contributed by atoms with Crippen LogP contribution in [0.1, 0.15) is 11.1 Å². The lowest BCUT2D eigenvalue weighted by Crippen LogP contribution is -1.94. The Kier molecular flexibility index (Phi) is 5.94. The lowest BCUT2D eigenvalue weighted by molar-refractivity contribution is 1.32. The number of nitrogens with zero attached hydrogens (tertiary/aromatic N) is 2. The average Bonchev–Trinajstić information content (AvgIpc) is 3.00. The van der Waals surface area contributed by atoms with Crippen LogP contribution in [0.3, 0.4) is 0 Å². The van der Waals surface area contributed by atoms with Gasteiger partial charge in [0.15, 0.2) is 0 Å². The molecule has 0 unspecified atom stereocenters. The topological polar surface area (TPSA) is 25.8 Å². The van der Waals surface area contributed by atoms with Crippen molar-refractivity contribution in [2.24, 2.45) is 0 Å². The van der Waals surface area contributed by atoms with Crippen LogP contribution < -0.4 is 0 Å². The minimum absolute atomic E-state index is 0.973. The van der Waals surface area contributed by atoms with Crippen LogP contribution in [0.5, 0.6) is 0 Å². The molecule has 7 rings (SSSR count). The summed E-state index contributed by atoms with van der Waals surface area (Å²) in [4.78, 5) is 9.83. The number of hydrogen-bond acceptors (Lipinski definition) is 2. The minimum Gasteiger partial charge on any atom is -0.256 e. The van der Waals surface area contributed by atoms with E-state index in [2.05, 4.69) is 135 Å². The van der Waals surface area contributed by atoms with Crippen molar-refractivity contribution in [2.75, 3.05) is 0 Å². The normalized spacial score (nSPS) is 11.2. The van der Waals surface area contributed by atoms with E-state index in [0.717, 1.165) is 22.5 Å². The Bertz CT molecular complexity index is 1830. The van der Waals surface area contributed by atoms with Gasteiger partial charge in [0.25, 0.3) is 0 Å². The second-order valence-corrected chi connectivity index (χ2v) is 10.3. The maximum Gasteiger partial charge on any atom is 0.0720 e. The summed E-state index contributed by atoms with van der Waals surface area (Å²) in [6.45, 7) is 4.32. The molecule has 2 aromatic heterocycles.